The summed E-state index contributed by atoms with van der Waals surface area (Å²) in [5.74, 6) is 0.974. The Morgan fingerprint density at radius 3 is 2.43 bits per heavy atom. The Hall–Kier alpha value is -0.530. The van der Waals surface area contributed by atoms with Gasteiger partial charge in [-0.25, -0.2) is 0 Å². The molecule has 0 heterocycles. The summed E-state index contributed by atoms with van der Waals surface area (Å²) in [7, 11) is 1.97. The lowest BCUT2D eigenvalue weighted by Crippen LogP contribution is -2.35. The smallest absolute Gasteiger partial charge is 0.222 e. The monoisotopic (exact) mass is 197 g/mol. The zero-order valence-corrected chi connectivity index (χ0v) is 9.75. The molecule has 0 radical (unpaired) electrons. The van der Waals surface area contributed by atoms with Crippen molar-refractivity contribution in [2.75, 3.05) is 7.05 Å². The highest BCUT2D eigenvalue weighted by atomic mass is 16.2. The van der Waals surface area contributed by atoms with E-state index in [9.17, 15) is 4.79 Å². The van der Waals surface area contributed by atoms with E-state index in [1.165, 1.54) is 25.7 Å². The molecule has 0 aromatic heterocycles. The van der Waals surface area contributed by atoms with Gasteiger partial charge in [-0.15, -0.1) is 0 Å². The van der Waals surface area contributed by atoms with Crippen LogP contribution in [0.2, 0.25) is 0 Å². The van der Waals surface area contributed by atoms with Crippen LogP contribution in [0.5, 0.6) is 0 Å². The first kappa shape index (κ1) is 11.5. The number of rotatable bonds is 4. The van der Waals surface area contributed by atoms with E-state index in [0.29, 0.717) is 17.9 Å². The quantitative estimate of drug-likeness (QED) is 0.678. The largest absolute Gasteiger partial charge is 0.343 e. The lowest BCUT2D eigenvalue weighted by molar-refractivity contribution is -0.132. The normalized spacial score (nSPS) is 17.7. The Morgan fingerprint density at radius 2 is 1.93 bits per heavy atom. The number of hydrogen-bond donors (Lipinski definition) is 0. The third kappa shape index (κ3) is 3.32. The Morgan fingerprint density at radius 1 is 1.36 bits per heavy atom. The van der Waals surface area contributed by atoms with Gasteiger partial charge in [-0.1, -0.05) is 26.7 Å². The molecular weight excluding hydrogens is 174 g/mol. The van der Waals surface area contributed by atoms with E-state index in [1.54, 1.807) is 0 Å². The molecule has 0 aliphatic heterocycles. The highest BCUT2D eigenvalue weighted by Gasteiger charge is 2.22. The van der Waals surface area contributed by atoms with Crippen LogP contribution in [-0.2, 0) is 4.79 Å². The van der Waals surface area contributed by atoms with Crippen LogP contribution < -0.4 is 0 Å². The maximum Gasteiger partial charge on any atom is 0.222 e. The van der Waals surface area contributed by atoms with Crippen molar-refractivity contribution in [1.29, 1.82) is 0 Å². The van der Waals surface area contributed by atoms with Crippen molar-refractivity contribution in [2.24, 2.45) is 5.92 Å². The number of carbonyl (C=O) groups is 1. The topological polar surface area (TPSA) is 20.3 Å². The minimum absolute atomic E-state index is 0.339. The van der Waals surface area contributed by atoms with Gasteiger partial charge in [-0.2, -0.15) is 0 Å². The van der Waals surface area contributed by atoms with Crippen molar-refractivity contribution in [3.8, 4) is 0 Å². The molecule has 0 saturated heterocycles. The van der Waals surface area contributed by atoms with Gasteiger partial charge in [0.15, 0.2) is 0 Å². The van der Waals surface area contributed by atoms with Crippen molar-refractivity contribution >= 4 is 5.91 Å². The molecule has 0 aromatic carbocycles. The van der Waals surface area contributed by atoms with E-state index in [2.05, 4.69) is 13.8 Å². The van der Waals surface area contributed by atoms with Crippen LogP contribution in [0.15, 0.2) is 0 Å². The molecule has 0 aromatic rings. The summed E-state index contributed by atoms with van der Waals surface area (Å²) < 4.78 is 0. The van der Waals surface area contributed by atoms with Crippen LogP contribution >= 0.6 is 0 Å². The van der Waals surface area contributed by atoms with Crippen LogP contribution in [-0.4, -0.2) is 23.9 Å². The molecule has 1 fully saturated rings. The molecule has 0 N–H and O–H groups in total. The van der Waals surface area contributed by atoms with Crippen LogP contribution in [0.25, 0.3) is 0 Å². The van der Waals surface area contributed by atoms with E-state index < -0.39 is 0 Å². The predicted octanol–water partition coefficient (Wildman–Crippen LogP) is 2.82. The molecule has 2 nitrogen and oxygen atoms in total. The summed E-state index contributed by atoms with van der Waals surface area (Å²) in [6.45, 7) is 4.34. The second-order valence-electron chi connectivity index (χ2n) is 4.88. The molecular formula is C12H23NO. The van der Waals surface area contributed by atoms with Gasteiger partial charge in [0.1, 0.15) is 0 Å². The molecule has 1 rings (SSSR count). The molecule has 0 unspecified atom stereocenters. The molecule has 0 atom stereocenters. The van der Waals surface area contributed by atoms with Crippen molar-refractivity contribution in [3.63, 3.8) is 0 Å². The van der Waals surface area contributed by atoms with Crippen LogP contribution in [0.1, 0.15) is 52.4 Å². The fourth-order valence-electron chi connectivity index (χ4n) is 2.08. The molecule has 0 bridgehead atoms. The second-order valence-corrected chi connectivity index (χ2v) is 4.88. The van der Waals surface area contributed by atoms with Crippen molar-refractivity contribution < 1.29 is 4.79 Å². The lowest BCUT2D eigenvalue weighted by atomic mass is 10.1. The first-order valence-electron chi connectivity index (χ1n) is 5.87. The molecule has 14 heavy (non-hydrogen) atoms. The molecule has 0 spiro atoms. The van der Waals surface area contributed by atoms with Crippen LogP contribution in [0, 0.1) is 5.92 Å². The first-order chi connectivity index (χ1) is 6.61. The van der Waals surface area contributed by atoms with Crippen molar-refractivity contribution in [2.45, 2.75) is 58.4 Å². The average molecular weight is 197 g/mol. The Labute approximate surface area is 87.7 Å². The van der Waals surface area contributed by atoms with Gasteiger partial charge in [0.25, 0.3) is 0 Å². The Balaban J connectivity index is 2.28. The summed E-state index contributed by atoms with van der Waals surface area (Å²) in [5, 5.41) is 0. The van der Waals surface area contributed by atoms with Gasteiger partial charge < -0.3 is 4.90 Å². The van der Waals surface area contributed by atoms with Crippen LogP contribution in [0.3, 0.4) is 0 Å². The summed E-state index contributed by atoms with van der Waals surface area (Å²) in [6, 6.07) is 0.537. The number of nitrogens with zero attached hydrogens (tertiary/aromatic N) is 1. The lowest BCUT2D eigenvalue weighted by Gasteiger charge is -2.24. The third-order valence-corrected chi connectivity index (χ3v) is 3.20. The van der Waals surface area contributed by atoms with E-state index in [1.807, 2.05) is 11.9 Å². The predicted molar refractivity (Wildman–Crippen MR) is 59.1 cm³/mol. The minimum Gasteiger partial charge on any atom is -0.343 e. The summed E-state index contributed by atoms with van der Waals surface area (Å²) in [6.07, 6.45) is 6.77. The van der Waals surface area contributed by atoms with Crippen molar-refractivity contribution in [1.82, 2.24) is 4.90 Å². The molecule has 82 valence electrons. The fraction of sp³-hybridized carbons (Fsp3) is 0.917. The summed E-state index contributed by atoms with van der Waals surface area (Å²) in [5.41, 5.74) is 0. The van der Waals surface area contributed by atoms with E-state index >= 15 is 0 Å². The first-order valence-corrected chi connectivity index (χ1v) is 5.87. The fourth-order valence-corrected chi connectivity index (χ4v) is 2.08. The third-order valence-electron chi connectivity index (χ3n) is 3.20. The molecule has 1 saturated carbocycles. The zero-order valence-electron chi connectivity index (χ0n) is 9.75. The van der Waals surface area contributed by atoms with Gasteiger partial charge in [0.2, 0.25) is 5.91 Å². The molecule has 2 heteroatoms. The van der Waals surface area contributed by atoms with Crippen molar-refractivity contribution in [3.05, 3.63) is 0 Å². The minimum atomic E-state index is 0.339. The maximum absolute atomic E-state index is 11.8. The second kappa shape index (κ2) is 5.38. The summed E-state index contributed by atoms with van der Waals surface area (Å²) >= 11 is 0. The van der Waals surface area contributed by atoms with Gasteiger partial charge in [-0.05, 0) is 25.2 Å². The maximum atomic E-state index is 11.8. The van der Waals surface area contributed by atoms with Crippen LogP contribution in [0.4, 0.5) is 0 Å². The Bertz CT molecular complexity index is 183. The van der Waals surface area contributed by atoms with Gasteiger partial charge in [0, 0.05) is 19.5 Å². The van der Waals surface area contributed by atoms with E-state index in [0.717, 1.165) is 12.8 Å². The number of hydrogen-bond acceptors (Lipinski definition) is 1. The van der Waals surface area contributed by atoms with Gasteiger partial charge >= 0.3 is 0 Å². The zero-order chi connectivity index (χ0) is 10.6. The molecule has 1 aliphatic rings. The average Bonchev–Trinajstić information content (AvgIpc) is 2.65. The van der Waals surface area contributed by atoms with E-state index in [4.69, 9.17) is 0 Å². The highest BCUT2D eigenvalue weighted by molar-refractivity contribution is 5.76. The Kier molecular flexibility index (Phi) is 4.43. The standard InChI is InChI=1S/C12H23NO/c1-10(2)8-9-12(14)13(3)11-6-4-5-7-11/h10-11H,4-9H2,1-3H3. The van der Waals surface area contributed by atoms with Gasteiger partial charge in [-0.3, -0.25) is 4.79 Å². The SMILES string of the molecule is CC(C)CCC(=O)N(C)C1CCCC1. The van der Waals surface area contributed by atoms with Gasteiger partial charge in [0.05, 0.1) is 0 Å². The number of amides is 1. The van der Waals surface area contributed by atoms with E-state index in [-0.39, 0.29) is 0 Å². The molecule has 1 aliphatic carbocycles. The summed E-state index contributed by atoms with van der Waals surface area (Å²) in [4.78, 5) is 13.7. The molecule has 1 amide bonds. The highest BCUT2D eigenvalue weighted by Crippen LogP contribution is 2.23. The number of carbonyl (C=O) groups excluding carboxylic acids is 1.